The molecule has 1 rings (SSSR count). The summed E-state index contributed by atoms with van der Waals surface area (Å²) in [6.45, 7) is 1.14. The molecule has 0 aromatic rings. The summed E-state index contributed by atoms with van der Waals surface area (Å²) < 4.78 is 0.499. The molecule has 9 heavy (non-hydrogen) atoms. The summed E-state index contributed by atoms with van der Waals surface area (Å²) in [5, 5.41) is 13.3. The van der Waals surface area contributed by atoms with Crippen LogP contribution in [0.2, 0.25) is 0 Å². The van der Waals surface area contributed by atoms with Gasteiger partial charge in [0.05, 0.1) is 6.61 Å². The van der Waals surface area contributed by atoms with E-state index in [4.69, 9.17) is 0 Å². The lowest BCUT2D eigenvalue weighted by Crippen LogP contribution is -2.16. The van der Waals surface area contributed by atoms with Gasteiger partial charge in [0.25, 0.3) is 0 Å². The maximum absolute atomic E-state index is 10.0. The average molecular weight is 164 g/mol. The molecule has 0 aliphatic carbocycles. The molecule has 1 aliphatic heterocycles. The third kappa shape index (κ3) is 2.80. The third-order valence-electron chi connectivity index (χ3n) is 1.03. The van der Waals surface area contributed by atoms with E-state index in [-0.39, 0.29) is 6.61 Å². The maximum atomic E-state index is 10.0. The second-order valence-electron chi connectivity index (χ2n) is 1.73. The van der Waals surface area contributed by atoms with E-state index in [2.05, 4.69) is 5.32 Å². The van der Waals surface area contributed by atoms with Crippen molar-refractivity contribution in [2.75, 3.05) is 24.7 Å². The van der Waals surface area contributed by atoms with Crippen LogP contribution in [-0.4, -0.2) is 29.4 Å². The molecule has 0 aromatic heterocycles. The monoisotopic (exact) mass is 164 g/mol. The van der Waals surface area contributed by atoms with Crippen LogP contribution in [0.25, 0.3) is 0 Å². The van der Waals surface area contributed by atoms with Gasteiger partial charge in [-0.05, 0) is 0 Å². The van der Waals surface area contributed by atoms with E-state index < -0.39 is 0 Å². The van der Waals surface area contributed by atoms with Gasteiger partial charge in [-0.2, -0.15) is 0 Å². The minimum atomic E-state index is 0.0450. The molecule has 0 amide bonds. The molecule has 1 radical (unpaired) electrons. The largest absolute Gasteiger partial charge is 0.296 e. The van der Waals surface area contributed by atoms with Gasteiger partial charge in [0.15, 0.2) is 0 Å². The van der Waals surface area contributed by atoms with Gasteiger partial charge in [0.2, 0.25) is 0 Å². The fraction of sp³-hybridized carbons (Fsp3) is 1.00. The van der Waals surface area contributed by atoms with E-state index in [1.165, 1.54) is 5.75 Å². The van der Waals surface area contributed by atoms with Crippen molar-refractivity contribution in [2.45, 2.75) is 4.71 Å². The van der Waals surface area contributed by atoms with Crippen molar-refractivity contribution < 1.29 is 5.11 Å². The number of hydrogen-bond donors (Lipinski definition) is 1. The molecule has 2 nitrogen and oxygen atoms in total. The highest BCUT2D eigenvalue weighted by Crippen LogP contribution is 2.24. The molecule has 0 saturated carbocycles. The van der Waals surface area contributed by atoms with Gasteiger partial charge in [0, 0.05) is 18.1 Å². The lowest BCUT2D eigenvalue weighted by molar-refractivity contribution is 0.215. The molecule has 0 spiro atoms. The van der Waals surface area contributed by atoms with Crippen molar-refractivity contribution in [2.24, 2.45) is 0 Å². The van der Waals surface area contributed by atoms with Gasteiger partial charge in [-0.15, -0.1) is 23.5 Å². The van der Waals surface area contributed by atoms with Crippen LogP contribution in [-0.2, 0) is 5.11 Å². The van der Waals surface area contributed by atoms with E-state index in [0.29, 0.717) is 4.71 Å². The minimum absolute atomic E-state index is 0.0450. The highest BCUT2D eigenvalue weighted by Gasteiger charge is 2.13. The zero-order valence-corrected chi connectivity index (χ0v) is 6.76. The Morgan fingerprint density at radius 2 is 2.67 bits per heavy atom. The SMILES string of the molecule is [O]CCSC1NCCS1. The van der Waals surface area contributed by atoms with Crippen molar-refractivity contribution >= 4 is 23.5 Å². The fourth-order valence-corrected chi connectivity index (χ4v) is 2.86. The van der Waals surface area contributed by atoms with Crippen LogP contribution >= 0.6 is 23.5 Å². The molecule has 1 atom stereocenters. The van der Waals surface area contributed by atoms with Crippen LogP contribution < -0.4 is 5.32 Å². The molecular formula is C5H10NOS2. The van der Waals surface area contributed by atoms with Crippen LogP contribution in [0.4, 0.5) is 0 Å². The standard InChI is InChI=1S/C5H10NOS2/c7-2-4-9-5-6-1-3-8-5/h5-6H,1-4H2. The van der Waals surface area contributed by atoms with E-state index in [1.54, 1.807) is 11.8 Å². The molecular weight excluding hydrogens is 154 g/mol. The first-order valence-electron chi connectivity index (χ1n) is 2.98. The molecule has 1 unspecified atom stereocenters. The number of hydrogen-bond acceptors (Lipinski definition) is 3. The Morgan fingerprint density at radius 3 is 3.22 bits per heavy atom. The summed E-state index contributed by atoms with van der Waals surface area (Å²) in [6.07, 6.45) is 0. The predicted molar refractivity (Wildman–Crippen MR) is 42.3 cm³/mol. The van der Waals surface area contributed by atoms with Crippen molar-refractivity contribution in [1.29, 1.82) is 0 Å². The lowest BCUT2D eigenvalue weighted by atomic mass is 10.8. The predicted octanol–water partition coefficient (Wildman–Crippen LogP) is 0.770. The van der Waals surface area contributed by atoms with Gasteiger partial charge in [-0.1, -0.05) is 0 Å². The van der Waals surface area contributed by atoms with E-state index in [1.807, 2.05) is 11.8 Å². The second kappa shape index (κ2) is 4.44. The lowest BCUT2D eigenvalue weighted by Gasteiger charge is -2.05. The normalized spacial score (nSPS) is 27.0. The maximum Gasteiger partial charge on any atom is 0.100 e. The molecule has 1 fully saturated rings. The van der Waals surface area contributed by atoms with Crippen molar-refractivity contribution in [3.05, 3.63) is 0 Å². The Morgan fingerprint density at radius 1 is 1.78 bits per heavy atom. The fourth-order valence-electron chi connectivity index (χ4n) is 0.664. The average Bonchev–Trinajstić information content (AvgIpc) is 2.34. The Bertz CT molecular complexity index is 75.4. The van der Waals surface area contributed by atoms with Crippen molar-refractivity contribution in [1.82, 2.24) is 5.32 Å². The molecule has 1 N–H and O–H groups in total. The molecule has 53 valence electrons. The zero-order chi connectivity index (χ0) is 6.53. The van der Waals surface area contributed by atoms with E-state index in [0.717, 1.165) is 12.3 Å². The van der Waals surface area contributed by atoms with Gasteiger partial charge >= 0.3 is 0 Å². The van der Waals surface area contributed by atoms with E-state index in [9.17, 15) is 5.11 Å². The Labute approximate surface area is 63.8 Å². The molecule has 0 aromatic carbocycles. The van der Waals surface area contributed by atoms with Gasteiger partial charge < -0.3 is 0 Å². The van der Waals surface area contributed by atoms with Gasteiger partial charge in [0.1, 0.15) is 4.71 Å². The topological polar surface area (TPSA) is 31.9 Å². The molecule has 1 saturated heterocycles. The van der Waals surface area contributed by atoms with Crippen LogP contribution in [0.1, 0.15) is 0 Å². The van der Waals surface area contributed by atoms with Crippen LogP contribution in [0.5, 0.6) is 0 Å². The van der Waals surface area contributed by atoms with Crippen molar-refractivity contribution in [3.63, 3.8) is 0 Å². The van der Waals surface area contributed by atoms with Gasteiger partial charge in [-0.25, -0.2) is 5.11 Å². The minimum Gasteiger partial charge on any atom is -0.296 e. The number of thioether (sulfide) groups is 2. The molecule has 1 heterocycles. The third-order valence-corrected chi connectivity index (χ3v) is 3.63. The van der Waals surface area contributed by atoms with E-state index >= 15 is 0 Å². The smallest absolute Gasteiger partial charge is 0.100 e. The first kappa shape index (κ1) is 7.72. The summed E-state index contributed by atoms with van der Waals surface area (Å²) in [4.78, 5) is 0. The van der Waals surface area contributed by atoms with Gasteiger partial charge in [-0.3, -0.25) is 5.32 Å². The first-order valence-corrected chi connectivity index (χ1v) is 5.08. The molecule has 4 heteroatoms. The highest BCUT2D eigenvalue weighted by molar-refractivity contribution is 8.17. The van der Waals surface area contributed by atoms with Crippen LogP contribution in [0.3, 0.4) is 0 Å². The molecule has 0 bridgehead atoms. The number of nitrogens with one attached hydrogen (secondary N) is 1. The molecule has 1 aliphatic rings. The summed E-state index contributed by atoms with van der Waals surface area (Å²) in [5.41, 5.74) is 0. The Hall–Kier alpha value is 0.620. The summed E-state index contributed by atoms with van der Waals surface area (Å²) in [6, 6.07) is 0. The summed E-state index contributed by atoms with van der Waals surface area (Å²) in [7, 11) is 0. The zero-order valence-electron chi connectivity index (χ0n) is 5.13. The Kier molecular flexibility index (Phi) is 3.81. The highest BCUT2D eigenvalue weighted by atomic mass is 32.2. The second-order valence-corrected chi connectivity index (χ2v) is 4.46. The van der Waals surface area contributed by atoms with Crippen LogP contribution in [0, 0.1) is 0 Å². The first-order chi connectivity index (χ1) is 4.43. The number of rotatable bonds is 3. The summed E-state index contributed by atoms with van der Waals surface area (Å²) in [5.74, 6) is 1.93. The Balaban J connectivity index is 1.98. The quantitative estimate of drug-likeness (QED) is 0.668. The summed E-state index contributed by atoms with van der Waals surface area (Å²) >= 11 is 3.62. The van der Waals surface area contributed by atoms with Crippen molar-refractivity contribution in [3.8, 4) is 0 Å². The van der Waals surface area contributed by atoms with Crippen LogP contribution in [0.15, 0.2) is 0 Å².